The minimum Gasteiger partial charge on any atom is -0.261 e. The van der Waals surface area contributed by atoms with Crippen LogP contribution in [-0.4, -0.2) is 4.98 Å². The van der Waals surface area contributed by atoms with Crippen LogP contribution in [0.15, 0.2) is 24.9 Å². The van der Waals surface area contributed by atoms with E-state index in [4.69, 9.17) is 0 Å². The smallest absolute Gasteiger partial charge is 0.0407 e. The first-order valence-corrected chi connectivity index (χ1v) is 2.73. The maximum absolute atomic E-state index is 3.97. The summed E-state index contributed by atoms with van der Waals surface area (Å²) in [7, 11) is 0. The predicted octanol–water partition coefficient (Wildman–Crippen LogP) is 1.91. The van der Waals surface area contributed by atoms with Crippen molar-refractivity contribution in [3.63, 3.8) is 0 Å². The fraction of sp³-hybridized carbons (Fsp3) is 0. The van der Waals surface area contributed by atoms with Gasteiger partial charge in [-0.2, -0.15) is 0 Å². The zero-order valence-electron chi connectivity index (χ0n) is 5.17. The van der Waals surface area contributed by atoms with Crippen LogP contribution >= 0.6 is 0 Å². The fourth-order valence-electron chi connectivity index (χ4n) is 0.557. The van der Waals surface area contributed by atoms with Gasteiger partial charge in [-0.15, -0.1) is 0 Å². The molecule has 0 bridgehead atoms. The molecular weight excluding hydrogens is 110 g/mol. The molecule has 0 N–H and O–H groups in total. The molecular formula is C8H8N. The van der Waals surface area contributed by atoms with Crippen LogP contribution in [0.3, 0.4) is 0 Å². The highest BCUT2D eigenvalue weighted by Gasteiger charge is 1.83. The lowest BCUT2D eigenvalue weighted by molar-refractivity contribution is 1.26. The van der Waals surface area contributed by atoms with Crippen LogP contribution in [-0.2, 0) is 0 Å². The highest BCUT2D eigenvalue weighted by molar-refractivity contribution is 5.45. The van der Waals surface area contributed by atoms with Gasteiger partial charge in [-0.3, -0.25) is 4.98 Å². The molecule has 0 amide bonds. The van der Waals surface area contributed by atoms with Gasteiger partial charge in [0.15, 0.2) is 0 Å². The summed E-state index contributed by atoms with van der Waals surface area (Å²) in [6.07, 6.45) is 3.50. The number of pyridine rings is 1. The molecule has 1 nitrogen and oxygen atoms in total. The van der Waals surface area contributed by atoms with Gasteiger partial charge >= 0.3 is 0 Å². The topological polar surface area (TPSA) is 12.9 Å². The van der Waals surface area contributed by atoms with E-state index in [0.717, 1.165) is 11.3 Å². The molecule has 1 heterocycles. The number of rotatable bonds is 1. The van der Waals surface area contributed by atoms with E-state index in [9.17, 15) is 0 Å². The van der Waals surface area contributed by atoms with Gasteiger partial charge in [0.05, 0.1) is 0 Å². The van der Waals surface area contributed by atoms with E-state index in [-0.39, 0.29) is 0 Å². The Morgan fingerprint density at radius 2 is 2.22 bits per heavy atom. The van der Waals surface area contributed by atoms with Gasteiger partial charge in [0, 0.05) is 11.9 Å². The van der Waals surface area contributed by atoms with E-state index in [1.165, 1.54) is 0 Å². The van der Waals surface area contributed by atoms with Crippen LogP contribution in [0.2, 0.25) is 0 Å². The molecule has 0 aliphatic carbocycles. The van der Waals surface area contributed by atoms with Crippen LogP contribution in [0, 0.1) is 6.92 Å². The van der Waals surface area contributed by atoms with E-state index in [0.29, 0.717) is 0 Å². The second-order valence-electron chi connectivity index (χ2n) is 1.79. The number of hydrogen-bond donors (Lipinski definition) is 0. The molecule has 0 saturated heterocycles. The Morgan fingerprint density at radius 3 is 2.67 bits per heavy atom. The van der Waals surface area contributed by atoms with E-state index >= 15 is 0 Å². The van der Waals surface area contributed by atoms with Crippen molar-refractivity contribution >= 4 is 6.08 Å². The monoisotopic (exact) mass is 118 g/mol. The molecule has 0 saturated carbocycles. The van der Waals surface area contributed by atoms with Crippen LogP contribution in [0.25, 0.3) is 6.08 Å². The molecule has 0 spiro atoms. The molecule has 1 aromatic heterocycles. The van der Waals surface area contributed by atoms with Crippen molar-refractivity contribution in [2.75, 3.05) is 0 Å². The van der Waals surface area contributed by atoms with Crippen LogP contribution in [0.5, 0.6) is 0 Å². The summed E-state index contributed by atoms with van der Waals surface area (Å²) in [5.74, 6) is 0. The summed E-state index contributed by atoms with van der Waals surface area (Å²) in [4.78, 5) is 3.97. The normalized spacial score (nSPS) is 9.00. The van der Waals surface area contributed by atoms with E-state index in [1.54, 1.807) is 12.3 Å². The van der Waals surface area contributed by atoms with Crippen molar-refractivity contribution in [2.24, 2.45) is 0 Å². The molecule has 0 aliphatic heterocycles. The Balaban J connectivity index is 3.01. The summed E-state index contributed by atoms with van der Waals surface area (Å²) in [5.41, 5.74) is 1.82. The molecule has 0 atom stereocenters. The molecule has 45 valence electrons. The van der Waals surface area contributed by atoms with Crippen molar-refractivity contribution in [3.8, 4) is 0 Å². The quantitative estimate of drug-likeness (QED) is 0.549. The lowest BCUT2D eigenvalue weighted by Gasteiger charge is -1.90. The lowest BCUT2D eigenvalue weighted by atomic mass is 10.2. The van der Waals surface area contributed by atoms with Gasteiger partial charge in [0.1, 0.15) is 0 Å². The first-order chi connectivity index (χ1) is 4.33. The van der Waals surface area contributed by atoms with Crippen LogP contribution in [0.1, 0.15) is 11.3 Å². The zero-order chi connectivity index (χ0) is 6.69. The minimum absolute atomic E-state index is 0.792. The Hall–Kier alpha value is -1.11. The standard InChI is InChI=1S/C8H8N/c1-3-8-5-4-7(2)9-6-8/h3-6H,1-2H2. The molecule has 0 unspecified atom stereocenters. The molecule has 9 heavy (non-hydrogen) atoms. The van der Waals surface area contributed by atoms with Crippen LogP contribution in [0.4, 0.5) is 0 Å². The third-order valence-electron chi connectivity index (χ3n) is 1.08. The largest absolute Gasteiger partial charge is 0.261 e. The van der Waals surface area contributed by atoms with E-state index in [1.807, 2.05) is 12.1 Å². The van der Waals surface area contributed by atoms with Crippen molar-refractivity contribution in [3.05, 3.63) is 43.1 Å². The maximum atomic E-state index is 3.97. The minimum atomic E-state index is 0.792. The summed E-state index contributed by atoms with van der Waals surface area (Å²) >= 11 is 0. The number of nitrogens with zero attached hydrogens (tertiary/aromatic N) is 1. The highest BCUT2D eigenvalue weighted by Crippen LogP contribution is 1.98. The van der Waals surface area contributed by atoms with Gasteiger partial charge in [-0.05, 0) is 18.6 Å². The Bertz CT molecular complexity index is 198. The maximum Gasteiger partial charge on any atom is 0.0407 e. The Labute approximate surface area is 55.1 Å². The molecule has 0 fully saturated rings. The molecule has 0 aliphatic rings. The molecule has 1 aromatic rings. The van der Waals surface area contributed by atoms with Crippen molar-refractivity contribution in [2.45, 2.75) is 0 Å². The summed E-state index contributed by atoms with van der Waals surface area (Å²) in [6, 6.07) is 3.79. The number of hydrogen-bond acceptors (Lipinski definition) is 1. The van der Waals surface area contributed by atoms with Crippen molar-refractivity contribution in [1.82, 2.24) is 4.98 Å². The van der Waals surface area contributed by atoms with Crippen molar-refractivity contribution < 1.29 is 0 Å². The zero-order valence-corrected chi connectivity index (χ0v) is 5.17. The summed E-state index contributed by atoms with van der Waals surface area (Å²) < 4.78 is 0. The van der Waals surface area contributed by atoms with E-state index < -0.39 is 0 Å². The predicted molar refractivity (Wildman–Crippen MR) is 38.8 cm³/mol. The highest BCUT2D eigenvalue weighted by atomic mass is 14.6. The van der Waals surface area contributed by atoms with Gasteiger partial charge in [0.2, 0.25) is 0 Å². The average Bonchev–Trinajstić information content (AvgIpc) is 1.90. The second kappa shape index (κ2) is 2.44. The third kappa shape index (κ3) is 1.39. The average molecular weight is 118 g/mol. The lowest BCUT2D eigenvalue weighted by Crippen LogP contribution is -1.78. The fourth-order valence-corrected chi connectivity index (χ4v) is 0.557. The first kappa shape index (κ1) is 6.02. The second-order valence-corrected chi connectivity index (χ2v) is 1.79. The Kier molecular flexibility index (Phi) is 1.63. The SMILES string of the molecule is [CH2]c1ccc(C=C)cn1. The number of aromatic nitrogens is 1. The van der Waals surface area contributed by atoms with Gasteiger partial charge in [0.25, 0.3) is 0 Å². The van der Waals surface area contributed by atoms with Crippen molar-refractivity contribution in [1.29, 1.82) is 0 Å². The van der Waals surface area contributed by atoms with Gasteiger partial charge in [-0.1, -0.05) is 18.7 Å². The van der Waals surface area contributed by atoms with E-state index in [2.05, 4.69) is 18.5 Å². The van der Waals surface area contributed by atoms with Gasteiger partial charge < -0.3 is 0 Å². The molecule has 0 aromatic carbocycles. The summed E-state index contributed by atoms with van der Waals surface area (Å²) in [6.45, 7) is 7.25. The third-order valence-corrected chi connectivity index (χ3v) is 1.08. The molecule has 1 radical (unpaired) electrons. The Morgan fingerprint density at radius 1 is 1.44 bits per heavy atom. The van der Waals surface area contributed by atoms with Crippen LogP contribution < -0.4 is 0 Å². The first-order valence-electron chi connectivity index (χ1n) is 2.73. The molecule has 1 rings (SSSR count). The summed E-state index contributed by atoms with van der Waals surface area (Å²) in [5, 5.41) is 0. The molecule has 1 heteroatoms. The van der Waals surface area contributed by atoms with Gasteiger partial charge in [-0.25, -0.2) is 0 Å².